The van der Waals surface area contributed by atoms with Crippen LogP contribution < -0.4 is 5.73 Å². The summed E-state index contributed by atoms with van der Waals surface area (Å²) in [4.78, 5) is 29.1. The van der Waals surface area contributed by atoms with Gasteiger partial charge in [-0.2, -0.15) is 0 Å². The van der Waals surface area contributed by atoms with Crippen LogP contribution in [0.1, 0.15) is 32.1 Å². The molecule has 0 aromatic rings. The van der Waals surface area contributed by atoms with E-state index in [-0.39, 0.29) is 11.9 Å². The number of carbonyl (C=O) groups is 2. The number of carbonyl (C=O) groups excluding carboxylic acids is 2. The Bertz CT molecular complexity index is 312. The predicted molar refractivity (Wildman–Crippen MR) is 79.4 cm³/mol. The van der Waals surface area contributed by atoms with E-state index in [2.05, 4.69) is 0 Å². The number of nitrogens with two attached hydrogens (primary N) is 1. The normalized spacial score (nSPS) is 15.3. The molecule has 0 bridgehead atoms. The largest absolute Gasteiger partial charge is 0.339 e. The maximum absolute atomic E-state index is 12.0. The lowest BCUT2D eigenvalue weighted by molar-refractivity contribution is -0.132. The molecular formula is C14H28N4O2. The van der Waals surface area contributed by atoms with Crippen LogP contribution >= 0.6 is 0 Å². The second-order valence-corrected chi connectivity index (χ2v) is 5.50. The Kier molecular flexibility index (Phi) is 7.36. The molecule has 0 atom stereocenters. The van der Waals surface area contributed by atoms with E-state index < -0.39 is 0 Å². The monoisotopic (exact) mass is 284 g/mol. The highest BCUT2D eigenvalue weighted by atomic mass is 16.2. The van der Waals surface area contributed by atoms with Gasteiger partial charge in [0.15, 0.2) is 0 Å². The van der Waals surface area contributed by atoms with E-state index in [0.29, 0.717) is 32.6 Å². The fourth-order valence-electron chi connectivity index (χ4n) is 2.36. The number of unbranched alkanes of at least 4 members (excludes halogenated alkanes) is 3. The van der Waals surface area contributed by atoms with Crippen molar-refractivity contribution in [3.05, 3.63) is 0 Å². The molecule has 1 fully saturated rings. The smallest absolute Gasteiger partial charge is 0.319 e. The summed E-state index contributed by atoms with van der Waals surface area (Å²) in [6.07, 6.45) is 4.78. The minimum absolute atomic E-state index is 0.0267. The number of hydrogen-bond donors (Lipinski definition) is 1. The lowest BCUT2D eigenvalue weighted by Crippen LogP contribution is -2.52. The molecule has 6 nitrogen and oxygen atoms in total. The van der Waals surface area contributed by atoms with Gasteiger partial charge >= 0.3 is 6.03 Å². The van der Waals surface area contributed by atoms with Crippen molar-refractivity contribution >= 4 is 11.9 Å². The highest BCUT2D eigenvalue weighted by molar-refractivity contribution is 5.77. The summed E-state index contributed by atoms with van der Waals surface area (Å²) in [7, 11) is 3.50. The molecule has 2 N–H and O–H groups in total. The maximum Gasteiger partial charge on any atom is 0.319 e. The summed E-state index contributed by atoms with van der Waals surface area (Å²) in [6, 6.07) is 0.0267. The summed E-state index contributed by atoms with van der Waals surface area (Å²) in [5.41, 5.74) is 5.44. The van der Waals surface area contributed by atoms with Crippen molar-refractivity contribution in [2.24, 2.45) is 5.73 Å². The minimum atomic E-state index is 0.0267. The summed E-state index contributed by atoms with van der Waals surface area (Å²) in [5.74, 6) is 0.217. The van der Waals surface area contributed by atoms with E-state index in [0.717, 1.165) is 32.2 Å². The zero-order valence-electron chi connectivity index (χ0n) is 12.8. The second kappa shape index (κ2) is 8.79. The topological polar surface area (TPSA) is 69.9 Å². The predicted octanol–water partition coefficient (Wildman–Crippen LogP) is 0.721. The van der Waals surface area contributed by atoms with Crippen molar-refractivity contribution in [3.63, 3.8) is 0 Å². The van der Waals surface area contributed by atoms with Gasteiger partial charge in [-0.3, -0.25) is 4.79 Å². The molecule has 6 heteroatoms. The van der Waals surface area contributed by atoms with Crippen LogP contribution in [0.3, 0.4) is 0 Å². The van der Waals surface area contributed by atoms with Gasteiger partial charge in [0.2, 0.25) is 5.91 Å². The Morgan fingerprint density at radius 3 is 2.05 bits per heavy atom. The average molecular weight is 284 g/mol. The van der Waals surface area contributed by atoms with Crippen LogP contribution in [0.25, 0.3) is 0 Å². The van der Waals surface area contributed by atoms with Crippen molar-refractivity contribution in [2.75, 3.05) is 46.8 Å². The lowest BCUT2D eigenvalue weighted by atomic mass is 10.1. The summed E-state index contributed by atoms with van der Waals surface area (Å²) in [6.45, 7) is 3.31. The van der Waals surface area contributed by atoms with E-state index in [1.54, 1.807) is 23.9 Å². The minimum Gasteiger partial charge on any atom is -0.339 e. The molecule has 116 valence electrons. The Hall–Kier alpha value is -1.30. The van der Waals surface area contributed by atoms with Gasteiger partial charge in [0.25, 0.3) is 0 Å². The number of amides is 3. The summed E-state index contributed by atoms with van der Waals surface area (Å²) in [5, 5.41) is 0. The molecule has 0 spiro atoms. The van der Waals surface area contributed by atoms with Gasteiger partial charge < -0.3 is 20.4 Å². The Labute approximate surface area is 121 Å². The number of hydrogen-bond acceptors (Lipinski definition) is 3. The molecule has 20 heavy (non-hydrogen) atoms. The molecule has 0 unspecified atom stereocenters. The molecule has 1 heterocycles. The van der Waals surface area contributed by atoms with Crippen LogP contribution in [-0.4, -0.2) is 73.5 Å². The maximum atomic E-state index is 12.0. The lowest BCUT2D eigenvalue weighted by Gasteiger charge is -2.36. The van der Waals surface area contributed by atoms with E-state index in [9.17, 15) is 9.59 Å². The van der Waals surface area contributed by atoms with Gasteiger partial charge in [0.1, 0.15) is 0 Å². The first kappa shape index (κ1) is 16.8. The first-order chi connectivity index (χ1) is 9.56. The van der Waals surface area contributed by atoms with Crippen molar-refractivity contribution in [3.8, 4) is 0 Å². The molecule has 1 aliphatic heterocycles. The van der Waals surface area contributed by atoms with Crippen LogP contribution in [0.2, 0.25) is 0 Å². The fraction of sp³-hybridized carbons (Fsp3) is 0.857. The first-order valence-electron chi connectivity index (χ1n) is 7.50. The molecule has 0 saturated carbocycles. The molecule has 1 saturated heterocycles. The van der Waals surface area contributed by atoms with Crippen LogP contribution in [0, 0.1) is 0 Å². The van der Waals surface area contributed by atoms with Crippen molar-refractivity contribution in [1.29, 1.82) is 0 Å². The van der Waals surface area contributed by atoms with Crippen LogP contribution in [0.4, 0.5) is 4.79 Å². The highest BCUT2D eigenvalue weighted by Gasteiger charge is 2.24. The molecule has 3 amide bonds. The average Bonchev–Trinajstić information content (AvgIpc) is 2.46. The number of urea groups is 1. The van der Waals surface area contributed by atoms with Gasteiger partial charge in [-0.05, 0) is 19.4 Å². The zero-order chi connectivity index (χ0) is 15.0. The van der Waals surface area contributed by atoms with Gasteiger partial charge in [0, 0.05) is 46.7 Å². The van der Waals surface area contributed by atoms with Crippen molar-refractivity contribution in [1.82, 2.24) is 14.7 Å². The number of piperazine rings is 1. The molecule has 0 aliphatic carbocycles. The van der Waals surface area contributed by atoms with E-state index in [1.165, 1.54) is 0 Å². The van der Waals surface area contributed by atoms with Gasteiger partial charge in [0.05, 0.1) is 0 Å². The quantitative estimate of drug-likeness (QED) is 0.731. The third-order valence-electron chi connectivity index (χ3n) is 3.63. The number of rotatable bonds is 6. The Morgan fingerprint density at radius 1 is 0.950 bits per heavy atom. The van der Waals surface area contributed by atoms with Crippen LogP contribution in [0.15, 0.2) is 0 Å². The molecule has 0 aromatic carbocycles. The summed E-state index contributed by atoms with van der Waals surface area (Å²) >= 11 is 0. The number of nitrogens with zero attached hydrogens (tertiary/aromatic N) is 3. The molecule has 1 rings (SSSR count). The summed E-state index contributed by atoms with van der Waals surface area (Å²) < 4.78 is 0. The van der Waals surface area contributed by atoms with Gasteiger partial charge in [-0.15, -0.1) is 0 Å². The fourth-order valence-corrected chi connectivity index (χ4v) is 2.36. The molecular weight excluding hydrogens is 256 g/mol. The molecule has 0 aromatic heterocycles. The van der Waals surface area contributed by atoms with E-state index >= 15 is 0 Å². The Balaban J connectivity index is 2.20. The van der Waals surface area contributed by atoms with Crippen molar-refractivity contribution < 1.29 is 9.59 Å². The standard InChI is InChI=1S/C14H28N4O2/c1-16(2)14(20)18-11-9-17(10-12-18)13(19)7-5-3-4-6-8-15/h3-12,15H2,1-2H3. The third-order valence-corrected chi connectivity index (χ3v) is 3.63. The zero-order valence-corrected chi connectivity index (χ0v) is 12.8. The second-order valence-electron chi connectivity index (χ2n) is 5.50. The van der Waals surface area contributed by atoms with Gasteiger partial charge in [-0.25, -0.2) is 4.79 Å². The van der Waals surface area contributed by atoms with Crippen LogP contribution in [-0.2, 0) is 4.79 Å². The van der Waals surface area contributed by atoms with Crippen LogP contribution in [0.5, 0.6) is 0 Å². The SMILES string of the molecule is CN(C)C(=O)N1CCN(C(=O)CCCCCCN)CC1. The highest BCUT2D eigenvalue weighted by Crippen LogP contribution is 2.09. The van der Waals surface area contributed by atoms with Gasteiger partial charge in [-0.1, -0.05) is 12.8 Å². The molecule has 1 aliphatic rings. The van der Waals surface area contributed by atoms with E-state index in [4.69, 9.17) is 5.73 Å². The molecule has 0 radical (unpaired) electrons. The third kappa shape index (κ3) is 5.36. The Morgan fingerprint density at radius 2 is 1.50 bits per heavy atom. The first-order valence-corrected chi connectivity index (χ1v) is 7.50. The van der Waals surface area contributed by atoms with Crippen molar-refractivity contribution in [2.45, 2.75) is 32.1 Å². The van der Waals surface area contributed by atoms with E-state index in [1.807, 2.05) is 4.90 Å².